The number of carbonyl (C=O) groups excluding carboxylic acids is 2. The molecule has 0 aliphatic rings. The Hall–Kier alpha value is -2.34. The van der Waals surface area contributed by atoms with Gasteiger partial charge in [-0.2, -0.15) is 0 Å². The van der Waals surface area contributed by atoms with Crippen LogP contribution in [-0.4, -0.2) is 18.5 Å². The molecule has 1 heterocycles. The van der Waals surface area contributed by atoms with Gasteiger partial charge >= 0.3 is 5.97 Å². The molecule has 0 aliphatic heterocycles. The van der Waals surface area contributed by atoms with E-state index in [1.165, 1.54) is 0 Å². The standard InChI is InChI=1S/C17H20N2O3S/c1-5-22-17(21)14-11(4)13(15(18)23-14)16(20)19-12-7-9(2)6-10(3)8-12/h6-8H,5,18H2,1-4H3,(H,19,20). The highest BCUT2D eigenvalue weighted by atomic mass is 32.1. The van der Waals surface area contributed by atoms with Crippen LogP contribution in [0.5, 0.6) is 0 Å². The number of carbonyl (C=O) groups is 2. The Balaban J connectivity index is 2.31. The second kappa shape index (κ2) is 6.83. The predicted molar refractivity (Wildman–Crippen MR) is 93.3 cm³/mol. The van der Waals surface area contributed by atoms with Crippen molar-refractivity contribution in [3.8, 4) is 0 Å². The molecule has 0 fully saturated rings. The number of ether oxygens (including phenoxy) is 1. The fourth-order valence-electron chi connectivity index (χ4n) is 2.45. The van der Waals surface area contributed by atoms with E-state index in [0.29, 0.717) is 26.7 Å². The van der Waals surface area contributed by atoms with Gasteiger partial charge < -0.3 is 15.8 Å². The Kier molecular flexibility index (Phi) is 5.05. The molecular formula is C17H20N2O3S. The lowest BCUT2D eigenvalue weighted by atomic mass is 10.1. The number of benzene rings is 1. The molecule has 0 aliphatic carbocycles. The highest BCUT2D eigenvalue weighted by molar-refractivity contribution is 7.18. The highest BCUT2D eigenvalue weighted by Gasteiger charge is 2.24. The van der Waals surface area contributed by atoms with E-state index in [4.69, 9.17) is 10.5 Å². The van der Waals surface area contributed by atoms with Crippen LogP contribution >= 0.6 is 11.3 Å². The molecule has 0 saturated carbocycles. The van der Waals surface area contributed by atoms with Gasteiger partial charge in [-0.15, -0.1) is 11.3 Å². The summed E-state index contributed by atoms with van der Waals surface area (Å²) in [6, 6.07) is 5.79. The SMILES string of the molecule is CCOC(=O)c1sc(N)c(C(=O)Nc2cc(C)cc(C)c2)c1C. The van der Waals surface area contributed by atoms with Crippen molar-refractivity contribution in [1.29, 1.82) is 0 Å². The summed E-state index contributed by atoms with van der Waals surface area (Å²) in [7, 11) is 0. The largest absolute Gasteiger partial charge is 0.462 e. The van der Waals surface area contributed by atoms with Gasteiger partial charge in [-0.25, -0.2) is 4.79 Å². The zero-order chi connectivity index (χ0) is 17.1. The zero-order valence-electron chi connectivity index (χ0n) is 13.6. The number of anilines is 2. The number of esters is 1. The summed E-state index contributed by atoms with van der Waals surface area (Å²) in [5, 5.41) is 3.15. The van der Waals surface area contributed by atoms with Crippen LogP contribution < -0.4 is 11.1 Å². The summed E-state index contributed by atoms with van der Waals surface area (Å²) < 4.78 is 4.99. The lowest BCUT2D eigenvalue weighted by Crippen LogP contribution is -2.14. The Bertz CT molecular complexity index is 745. The Morgan fingerprint density at radius 2 is 1.78 bits per heavy atom. The van der Waals surface area contributed by atoms with Gasteiger partial charge in [-0.05, 0) is 56.5 Å². The Morgan fingerprint density at radius 3 is 2.35 bits per heavy atom. The summed E-state index contributed by atoms with van der Waals surface area (Å²) in [6.45, 7) is 7.64. The molecular weight excluding hydrogens is 312 g/mol. The summed E-state index contributed by atoms with van der Waals surface area (Å²) in [5.74, 6) is -0.774. The van der Waals surface area contributed by atoms with Crippen LogP contribution in [0.25, 0.3) is 0 Å². The van der Waals surface area contributed by atoms with E-state index in [-0.39, 0.29) is 12.5 Å². The molecule has 122 valence electrons. The summed E-state index contributed by atoms with van der Waals surface area (Å²) in [5.41, 5.74) is 9.64. The monoisotopic (exact) mass is 332 g/mol. The van der Waals surface area contributed by atoms with Crippen LogP contribution in [0.3, 0.4) is 0 Å². The third kappa shape index (κ3) is 3.71. The molecule has 6 heteroatoms. The van der Waals surface area contributed by atoms with Gasteiger partial charge in [0.1, 0.15) is 4.88 Å². The van der Waals surface area contributed by atoms with Crippen molar-refractivity contribution >= 4 is 33.9 Å². The van der Waals surface area contributed by atoms with Crippen molar-refractivity contribution in [1.82, 2.24) is 0 Å². The van der Waals surface area contributed by atoms with Gasteiger partial charge in [0.2, 0.25) is 0 Å². The lowest BCUT2D eigenvalue weighted by Gasteiger charge is -2.08. The maximum atomic E-state index is 12.5. The molecule has 0 atom stereocenters. The van der Waals surface area contributed by atoms with Crippen LogP contribution in [0.4, 0.5) is 10.7 Å². The topological polar surface area (TPSA) is 81.4 Å². The molecule has 5 nitrogen and oxygen atoms in total. The molecule has 0 bridgehead atoms. The van der Waals surface area contributed by atoms with E-state index >= 15 is 0 Å². The van der Waals surface area contributed by atoms with Gasteiger partial charge in [-0.1, -0.05) is 6.07 Å². The van der Waals surface area contributed by atoms with E-state index in [2.05, 4.69) is 5.32 Å². The second-order valence-electron chi connectivity index (χ2n) is 5.35. The van der Waals surface area contributed by atoms with E-state index < -0.39 is 5.97 Å². The third-order valence-electron chi connectivity index (χ3n) is 3.34. The molecule has 1 aromatic carbocycles. The van der Waals surface area contributed by atoms with Gasteiger partial charge in [-0.3, -0.25) is 4.79 Å². The van der Waals surface area contributed by atoms with E-state index in [1.807, 2.05) is 32.0 Å². The van der Waals surface area contributed by atoms with Crippen LogP contribution in [0.1, 0.15) is 43.6 Å². The van der Waals surface area contributed by atoms with Crippen molar-refractivity contribution in [3.63, 3.8) is 0 Å². The van der Waals surface area contributed by atoms with Crippen molar-refractivity contribution < 1.29 is 14.3 Å². The number of nitrogen functional groups attached to an aromatic ring is 1. The lowest BCUT2D eigenvalue weighted by molar-refractivity contribution is 0.0531. The van der Waals surface area contributed by atoms with Crippen molar-refractivity contribution in [3.05, 3.63) is 45.3 Å². The smallest absolute Gasteiger partial charge is 0.348 e. The maximum absolute atomic E-state index is 12.5. The summed E-state index contributed by atoms with van der Waals surface area (Å²) in [4.78, 5) is 24.8. The first-order valence-electron chi connectivity index (χ1n) is 7.29. The molecule has 2 rings (SSSR count). The molecule has 1 amide bonds. The predicted octanol–water partition coefficient (Wildman–Crippen LogP) is 3.68. The Labute approximate surface area is 139 Å². The average molecular weight is 332 g/mol. The summed E-state index contributed by atoms with van der Waals surface area (Å²) in [6.07, 6.45) is 0. The number of hydrogen-bond donors (Lipinski definition) is 2. The first-order chi connectivity index (χ1) is 10.8. The molecule has 2 aromatic rings. The number of nitrogens with one attached hydrogen (secondary N) is 1. The van der Waals surface area contributed by atoms with Crippen molar-refractivity contribution in [2.45, 2.75) is 27.7 Å². The minimum absolute atomic E-state index is 0.278. The van der Waals surface area contributed by atoms with Crippen LogP contribution in [0, 0.1) is 20.8 Å². The minimum Gasteiger partial charge on any atom is -0.462 e. The first-order valence-corrected chi connectivity index (χ1v) is 8.10. The van der Waals surface area contributed by atoms with Crippen LogP contribution in [-0.2, 0) is 4.74 Å². The molecule has 0 radical (unpaired) electrons. The minimum atomic E-state index is -0.452. The van der Waals surface area contributed by atoms with Gasteiger partial charge in [0.15, 0.2) is 0 Å². The maximum Gasteiger partial charge on any atom is 0.348 e. The zero-order valence-corrected chi connectivity index (χ0v) is 14.5. The number of nitrogens with two attached hydrogens (primary N) is 1. The van der Waals surface area contributed by atoms with Crippen molar-refractivity contribution in [2.75, 3.05) is 17.7 Å². The molecule has 0 saturated heterocycles. The fourth-order valence-corrected chi connectivity index (χ4v) is 3.42. The molecule has 0 unspecified atom stereocenters. The third-order valence-corrected chi connectivity index (χ3v) is 4.44. The normalized spacial score (nSPS) is 10.4. The first kappa shape index (κ1) is 17.0. The van der Waals surface area contributed by atoms with Crippen LogP contribution in [0.2, 0.25) is 0 Å². The fraction of sp³-hybridized carbons (Fsp3) is 0.294. The molecule has 0 spiro atoms. The van der Waals surface area contributed by atoms with Crippen LogP contribution in [0.15, 0.2) is 18.2 Å². The number of thiophene rings is 1. The van der Waals surface area contributed by atoms with Crippen molar-refractivity contribution in [2.24, 2.45) is 0 Å². The van der Waals surface area contributed by atoms with E-state index in [1.54, 1.807) is 13.8 Å². The number of aryl methyl sites for hydroxylation is 2. The number of hydrogen-bond acceptors (Lipinski definition) is 5. The van der Waals surface area contributed by atoms with E-state index in [9.17, 15) is 9.59 Å². The number of amides is 1. The highest BCUT2D eigenvalue weighted by Crippen LogP contribution is 2.31. The molecule has 1 aromatic heterocycles. The average Bonchev–Trinajstić information content (AvgIpc) is 2.73. The Morgan fingerprint density at radius 1 is 1.17 bits per heavy atom. The van der Waals surface area contributed by atoms with E-state index in [0.717, 1.165) is 22.5 Å². The van der Waals surface area contributed by atoms with Gasteiger partial charge in [0, 0.05) is 5.69 Å². The molecule has 23 heavy (non-hydrogen) atoms. The molecule has 3 N–H and O–H groups in total. The van der Waals surface area contributed by atoms with Gasteiger partial charge in [0.25, 0.3) is 5.91 Å². The number of rotatable bonds is 4. The quantitative estimate of drug-likeness (QED) is 0.837. The van der Waals surface area contributed by atoms with Gasteiger partial charge in [0.05, 0.1) is 17.2 Å². The second-order valence-corrected chi connectivity index (χ2v) is 6.40. The summed E-state index contributed by atoms with van der Waals surface area (Å²) >= 11 is 1.08.